The lowest BCUT2D eigenvalue weighted by Gasteiger charge is -2.06. The molecule has 6 heteroatoms. The molecule has 0 aliphatic heterocycles. The van der Waals surface area contributed by atoms with Crippen LogP contribution in [-0.2, 0) is 6.54 Å². The number of hydrogen-bond acceptors (Lipinski definition) is 3. The first kappa shape index (κ1) is 12.8. The van der Waals surface area contributed by atoms with Crippen molar-refractivity contribution in [3.05, 3.63) is 68.9 Å². The summed E-state index contributed by atoms with van der Waals surface area (Å²) in [5, 5.41) is 10.7. The van der Waals surface area contributed by atoms with Gasteiger partial charge in [0.2, 0.25) is 0 Å². The van der Waals surface area contributed by atoms with Crippen LogP contribution in [0.25, 0.3) is 11.0 Å². The van der Waals surface area contributed by atoms with Gasteiger partial charge in [0.05, 0.1) is 28.8 Å². The van der Waals surface area contributed by atoms with Crippen LogP contribution >= 0.6 is 15.9 Å². The molecule has 0 aliphatic carbocycles. The Hall–Kier alpha value is -2.21. The second-order valence-electron chi connectivity index (χ2n) is 4.39. The minimum absolute atomic E-state index is 0.0797. The van der Waals surface area contributed by atoms with Gasteiger partial charge in [-0.3, -0.25) is 10.1 Å². The number of nitro benzene ring substituents is 1. The van der Waals surface area contributed by atoms with Crippen molar-refractivity contribution >= 4 is 32.7 Å². The maximum Gasteiger partial charge on any atom is 0.270 e. The number of halogens is 1. The quantitative estimate of drug-likeness (QED) is 0.542. The molecule has 0 bridgehead atoms. The summed E-state index contributed by atoms with van der Waals surface area (Å²) in [7, 11) is 0. The molecular formula is C14H10BrN3O2. The van der Waals surface area contributed by atoms with Gasteiger partial charge in [-0.25, -0.2) is 4.98 Å². The molecule has 5 nitrogen and oxygen atoms in total. The van der Waals surface area contributed by atoms with E-state index in [0.717, 1.165) is 21.1 Å². The van der Waals surface area contributed by atoms with Crippen molar-refractivity contribution in [2.75, 3.05) is 0 Å². The van der Waals surface area contributed by atoms with Crippen molar-refractivity contribution in [2.24, 2.45) is 0 Å². The van der Waals surface area contributed by atoms with E-state index in [1.807, 2.05) is 28.8 Å². The van der Waals surface area contributed by atoms with E-state index in [2.05, 4.69) is 20.9 Å². The van der Waals surface area contributed by atoms with Crippen LogP contribution < -0.4 is 0 Å². The fourth-order valence-electron chi connectivity index (χ4n) is 2.10. The van der Waals surface area contributed by atoms with E-state index in [1.54, 1.807) is 12.4 Å². The van der Waals surface area contributed by atoms with E-state index in [0.29, 0.717) is 6.54 Å². The number of benzene rings is 2. The van der Waals surface area contributed by atoms with E-state index in [1.165, 1.54) is 12.1 Å². The molecular weight excluding hydrogens is 322 g/mol. The van der Waals surface area contributed by atoms with Crippen LogP contribution in [0, 0.1) is 10.1 Å². The van der Waals surface area contributed by atoms with Gasteiger partial charge in [-0.05, 0) is 23.8 Å². The Morgan fingerprint density at radius 1 is 1.25 bits per heavy atom. The number of hydrogen-bond donors (Lipinski definition) is 0. The summed E-state index contributed by atoms with van der Waals surface area (Å²) >= 11 is 3.39. The molecule has 3 aromatic rings. The Morgan fingerprint density at radius 2 is 2.05 bits per heavy atom. The molecule has 0 radical (unpaired) electrons. The van der Waals surface area contributed by atoms with Gasteiger partial charge < -0.3 is 4.57 Å². The molecule has 0 saturated heterocycles. The zero-order valence-corrected chi connectivity index (χ0v) is 11.9. The summed E-state index contributed by atoms with van der Waals surface area (Å²) in [5.74, 6) is 0. The van der Waals surface area contributed by atoms with Crippen LogP contribution in [0.5, 0.6) is 0 Å². The van der Waals surface area contributed by atoms with Gasteiger partial charge in [0.25, 0.3) is 5.69 Å². The lowest BCUT2D eigenvalue weighted by molar-refractivity contribution is -0.384. The van der Waals surface area contributed by atoms with Crippen LogP contribution in [0.15, 0.2) is 53.3 Å². The molecule has 3 rings (SSSR count). The smallest absolute Gasteiger partial charge is 0.270 e. The highest BCUT2D eigenvalue weighted by Gasteiger charge is 2.10. The first-order chi connectivity index (χ1) is 9.65. The van der Waals surface area contributed by atoms with Gasteiger partial charge in [0.1, 0.15) is 0 Å². The maximum atomic E-state index is 10.7. The third-order valence-corrected chi connectivity index (χ3v) is 3.85. The molecule has 0 fully saturated rings. The summed E-state index contributed by atoms with van der Waals surface area (Å²) in [6, 6.07) is 12.7. The molecule has 0 unspecified atom stereocenters. The number of fused-ring (bicyclic) bond motifs is 1. The molecule has 1 heterocycles. The highest BCUT2D eigenvalue weighted by Crippen LogP contribution is 2.24. The lowest BCUT2D eigenvalue weighted by atomic mass is 10.2. The molecule has 20 heavy (non-hydrogen) atoms. The van der Waals surface area contributed by atoms with E-state index in [4.69, 9.17) is 0 Å². The minimum atomic E-state index is -0.402. The van der Waals surface area contributed by atoms with Crippen molar-refractivity contribution < 1.29 is 4.92 Å². The maximum absolute atomic E-state index is 10.7. The number of para-hydroxylation sites is 2. The summed E-state index contributed by atoms with van der Waals surface area (Å²) < 4.78 is 2.74. The van der Waals surface area contributed by atoms with Crippen LogP contribution in [0.4, 0.5) is 5.69 Å². The Kier molecular flexibility index (Phi) is 3.23. The van der Waals surface area contributed by atoms with E-state index >= 15 is 0 Å². The SMILES string of the molecule is O=[N+]([O-])c1ccc(Cn2cnc3ccccc32)c(Br)c1. The molecule has 0 amide bonds. The van der Waals surface area contributed by atoms with Gasteiger partial charge in [0, 0.05) is 16.6 Å². The van der Waals surface area contributed by atoms with E-state index < -0.39 is 4.92 Å². The monoisotopic (exact) mass is 331 g/mol. The third-order valence-electron chi connectivity index (χ3n) is 3.12. The van der Waals surface area contributed by atoms with Gasteiger partial charge in [-0.15, -0.1) is 0 Å². The molecule has 0 saturated carbocycles. The summed E-state index contributed by atoms with van der Waals surface area (Å²) in [6.07, 6.45) is 1.78. The predicted molar refractivity (Wildman–Crippen MR) is 79.6 cm³/mol. The Labute approximate surface area is 123 Å². The number of aromatic nitrogens is 2. The molecule has 0 atom stereocenters. The lowest BCUT2D eigenvalue weighted by Crippen LogP contribution is -1.99. The van der Waals surface area contributed by atoms with Crippen LogP contribution in [-0.4, -0.2) is 14.5 Å². The van der Waals surface area contributed by atoms with Crippen LogP contribution in [0.2, 0.25) is 0 Å². The fraction of sp³-hybridized carbons (Fsp3) is 0.0714. The average molecular weight is 332 g/mol. The number of non-ortho nitro benzene ring substituents is 1. The number of rotatable bonds is 3. The van der Waals surface area contributed by atoms with Gasteiger partial charge in [-0.1, -0.05) is 28.1 Å². The number of nitro groups is 1. The Bertz CT molecular complexity index is 798. The summed E-state index contributed by atoms with van der Waals surface area (Å²) in [6.45, 7) is 0.610. The normalized spacial score (nSPS) is 10.8. The highest BCUT2D eigenvalue weighted by molar-refractivity contribution is 9.10. The zero-order valence-electron chi connectivity index (χ0n) is 10.4. The summed E-state index contributed by atoms with van der Waals surface area (Å²) in [5.41, 5.74) is 3.03. The molecule has 0 aliphatic rings. The van der Waals surface area contributed by atoms with Crippen molar-refractivity contribution in [1.29, 1.82) is 0 Å². The topological polar surface area (TPSA) is 61.0 Å². The Morgan fingerprint density at radius 3 is 2.80 bits per heavy atom. The van der Waals surface area contributed by atoms with Crippen LogP contribution in [0.3, 0.4) is 0 Å². The van der Waals surface area contributed by atoms with E-state index in [9.17, 15) is 10.1 Å². The standard InChI is InChI=1S/C14H10BrN3O2/c15-12-7-11(18(19)20)6-5-10(12)8-17-9-16-13-3-1-2-4-14(13)17/h1-7,9H,8H2. The van der Waals surface area contributed by atoms with Crippen molar-refractivity contribution in [3.8, 4) is 0 Å². The van der Waals surface area contributed by atoms with Crippen molar-refractivity contribution in [1.82, 2.24) is 9.55 Å². The molecule has 2 aromatic carbocycles. The fourth-order valence-corrected chi connectivity index (χ4v) is 2.59. The molecule has 100 valence electrons. The highest BCUT2D eigenvalue weighted by atomic mass is 79.9. The second-order valence-corrected chi connectivity index (χ2v) is 5.25. The van der Waals surface area contributed by atoms with Gasteiger partial charge >= 0.3 is 0 Å². The first-order valence-corrected chi connectivity index (χ1v) is 6.77. The average Bonchev–Trinajstić information content (AvgIpc) is 2.84. The summed E-state index contributed by atoms with van der Waals surface area (Å²) in [4.78, 5) is 14.7. The first-order valence-electron chi connectivity index (χ1n) is 5.98. The predicted octanol–water partition coefficient (Wildman–Crippen LogP) is 3.76. The largest absolute Gasteiger partial charge is 0.326 e. The minimum Gasteiger partial charge on any atom is -0.326 e. The molecule has 0 N–H and O–H groups in total. The van der Waals surface area contributed by atoms with E-state index in [-0.39, 0.29) is 5.69 Å². The number of imidazole rings is 1. The molecule has 1 aromatic heterocycles. The van der Waals surface area contributed by atoms with Crippen molar-refractivity contribution in [3.63, 3.8) is 0 Å². The second kappa shape index (κ2) is 5.05. The van der Waals surface area contributed by atoms with Crippen molar-refractivity contribution in [2.45, 2.75) is 6.54 Å². The van der Waals surface area contributed by atoms with Gasteiger partial charge in [-0.2, -0.15) is 0 Å². The molecule has 0 spiro atoms. The number of nitrogens with zero attached hydrogens (tertiary/aromatic N) is 3. The van der Waals surface area contributed by atoms with Gasteiger partial charge in [0.15, 0.2) is 0 Å². The third kappa shape index (κ3) is 2.30. The van der Waals surface area contributed by atoms with Crippen LogP contribution in [0.1, 0.15) is 5.56 Å². The Balaban J connectivity index is 1.97. The zero-order chi connectivity index (χ0) is 14.1.